The number of esters is 1. The standard InChI is InChI=1S/C22H15ClN2O3/c23-16-10-12-17(13-11-16)28-22(27)20-18-8-4-5-9-19(18)21(26)25(24-20)14-15-6-2-1-3-7-15/h1-13H,14H2. The zero-order valence-electron chi connectivity index (χ0n) is 14.7. The van der Waals surface area contributed by atoms with E-state index in [0.717, 1.165) is 5.56 Å². The number of hydrogen-bond acceptors (Lipinski definition) is 4. The Labute approximate surface area is 165 Å². The van der Waals surface area contributed by atoms with Gasteiger partial charge in [0.25, 0.3) is 5.56 Å². The van der Waals surface area contributed by atoms with Crippen molar-refractivity contribution < 1.29 is 9.53 Å². The number of benzene rings is 3. The van der Waals surface area contributed by atoms with E-state index in [1.165, 1.54) is 4.68 Å². The van der Waals surface area contributed by atoms with Gasteiger partial charge in [0.1, 0.15) is 5.75 Å². The van der Waals surface area contributed by atoms with Gasteiger partial charge in [0, 0.05) is 10.4 Å². The number of carbonyl (C=O) groups is 1. The molecule has 138 valence electrons. The van der Waals surface area contributed by atoms with E-state index in [1.807, 2.05) is 30.3 Å². The molecule has 3 aromatic carbocycles. The Morgan fingerprint density at radius 1 is 0.893 bits per heavy atom. The van der Waals surface area contributed by atoms with Gasteiger partial charge in [-0.15, -0.1) is 0 Å². The van der Waals surface area contributed by atoms with Crippen molar-refractivity contribution in [2.24, 2.45) is 0 Å². The first-order chi connectivity index (χ1) is 13.6. The lowest BCUT2D eigenvalue weighted by atomic mass is 10.1. The number of fused-ring (bicyclic) bond motifs is 1. The average molecular weight is 391 g/mol. The molecule has 0 spiro atoms. The zero-order valence-corrected chi connectivity index (χ0v) is 15.5. The van der Waals surface area contributed by atoms with Crippen molar-refractivity contribution in [2.75, 3.05) is 0 Å². The van der Waals surface area contributed by atoms with Gasteiger partial charge in [-0.1, -0.05) is 60.1 Å². The van der Waals surface area contributed by atoms with Crippen molar-refractivity contribution >= 4 is 28.3 Å². The van der Waals surface area contributed by atoms with E-state index in [0.29, 0.717) is 21.5 Å². The van der Waals surface area contributed by atoms with Gasteiger partial charge in [-0.3, -0.25) is 4.79 Å². The van der Waals surface area contributed by atoms with Crippen molar-refractivity contribution in [2.45, 2.75) is 6.54 Å². The van der Waals surface area contributed by atoms with Crippen molar-refractivity contribution in [1.29, 1.82) is 0 Å². The van der Waals surface area contributed by atoms with E-state index in [2.05, 4.69) is 5.10 Å². The molecule has 0 aliphatic heterocycles. The van der Waals surface area contributed by atoms with Crippen molar-refractivity contribution in [3.63, 3.8) is 0 Å². The van der Waals surface area contributed by atoms with Gasteiger partial charge < -0.3 is 4.74 Å². The molecule has 0 N–H and O–H groups in total. The fraction of sp³-hybridized carbons (Fsp3) is 0.0455. The Balaban J connectivity index is 1.78. The third-order valence-corrected chi connectivity index (χ3v) is 4.51. The molecule has 5 nitrogen and oxygen atoms in total. The van der Waals surface area contributed by atoms with Crippen LogP contribution in [-0.4, -0.2) is 15.7 Å². The van der Waals surface area contributed by atoms with Crippen LogP contribution in [0.25, 0.3) is 10.8 Å². The predicted molar refractivity (Wildman–Crippen MR) is 108 cm³/mol. The number of aromatic nitrogens is 2. The minimum atomic E-state index is -0.639. The first-order valence-electron chi connectivity index (χ1n) is 8.63. The molecule has 0 fully saturated rings. The Morgan fingerprint density at radius 2 is 1.54 bits per heavy atom. The van der Waals surface area contributed by atoms with Gasteiger partial charge in [-0.2, -0.15) is 5.10 Å². The number of carbonyl (C=O) groups excluding carboxylic acids is 1. The Morgan fingerprint density at radius 3 is 2.25 bits per heavy atom. The molecule has 0 radical (unpaired) electrons. The van der Waals surface area contributed by atoms with Crippen LogP contribution in [-0.2, 0) is 6.54 Å². The summed E-state index contributed by atoms with van der Waals surface area (Å²) in [4.78, 5) is 25.6. The summed E-state index contributed by atoms with van der Waals surface area (Å²) < 4.78 is 6.72. The summed E-state index contributed by atoms with van der Waals surface area (Å²) in [6.45, 7) is 0.256. The molecule has 4 aromatic rings. The quantitative estimate of drug-likeness (QED) is 0.384. The molecular formula is C22H15ClN2O3. The summed E-state index contributed by atoms with van der Waals surface area (Å²) in [5.74, 6) is -0.290. The summed E-state index contributed by atoms with van der Waals surface area (Å²) in [5, 5.41) is 5.72. The second kappa shape index (κ2) is 7.66. The van der Waals surface area contributed by atoms with E-state index in [-0.39, 0.29) is 17.8 Å². The van der Waals surface area contributed by atoms with E-state index < -0.39 is 5.97 Å². The van der Waals surface area contributed by atoms with Crippen LogP contribution in [0.4, 0.5) is 0 Å². The molecule has 1 aromatic heterocycles. The van der Waals surface area contributed by atoms with E-state index >= 15 is 0 Å². The molecule has 0 amide bonds. The minimum Gasteiger partial charge on any atom is -0.422 e. The number of rotatable bonds is 4. The largest absolute Gasteiger partial charge is 0.422 e. The van der Waals surface area contributed by atoms with Crippen molar-refractivity contribution in [1.82, 2.24) is 9.78 Å². The number of hydrogen-bond donors (Lipinski definition) is 0. The SMILES string of the molecule is O=C(Oc1ccc(Cl)cc1)c1nn(Cc2ccccc2)c(=O)c2ccccc12. The molecule has 4 rings (SSSR count). The van der Waals surface area contributed by atoms with Gasteiger partial charge in [0.2, 0.25) is 0 Å². The highest BCUT2D eigenvalue weighted by Crippen LogP contribution is 2.19. The molecule has 28 heavy (non-hydrogen) atoms. The van der Waals surface area contributed by atoms with Crippen molar-refractivity contribution in [3.8, 4) is 5.75 Å². The van der Waals surface area contributed by atoms with E-state index in [4.69, 9.17) is 16.3 Å². The molecule has 0 saturated carbocycles. The highest BCUT2D eigenvalue weighted by atomic mass is 35.5. The first-order valence-corrected chi connectivity index (χ1v) is 9.01. The molecule has 0 unspecified atom stereocenters. The predicted octanol–water partition coefficient (Wildman–Crippen LogP) is 4.32. The zero-order chi connectivity index (χ0) is 19.5. The highest BCUT2D eigenvalue weighted by molar-refractivity contribution is 6.30. The summed E-state index contributed by atoms with van der Waals surface area (Å²) in [6, 6.07) is 22.8. The summed E-state index contributed by atoms with van der Waals surface area (Å²) in [6.07, 6.45) is 0. The van der Waals surface area contributed by atoms with Gasteiger partial charge in [0.15, 0.2) is 5.69 Å². The Hall–Kier alpha value is -3.44. The van der Waals surface area contributed by atoms with Crippen LogP contribution in [0.3, 0.4) is 0 Å². The molecule has 0 bridgehead atoms. The highest BCUT2D eigenvalue weighted by Gasteiger charge is 2.18. The molecule has 0 saturated heterocycles. The van der Waals surface area contributed by atoms with Crippen LogP contribution in [0, 0.1) is 0 Å². The lowest BCUT2D eigenvalue weighted by Crippen LogP contribution is -2.27. The van der Waals surface area contributed by atoms with Crippen LogP contribution in [0.2, 0.25) is 5.02 Å². The number of ether oxygens (including phenoxy) is 1. The molecule has 0 atom stereocenters. The second-order valence-electron chi connectivity index (χ2n) is 6.19. The Kier molecular flexibility index (Phi) is 4.91. The topological polar surface area (TPSA) is 61.2 Å². The van der Waals surface area contributed by atoms with Crippen LogP contribution in [0.15, 0.2) is 83.7 Å². The maximum atomic E-state index is 12.8. The maximum Gasteiger partial charge on any atom is 0.364 e. The summed E-state index contributed by atoms with van der Waals surface area (Å²) in [5.41, 5.74) is 0.730. The smallest absolute Gasteiger partial charge is 0.364 e. The van der Waals surface area contributed by atoms with Gasteiger partial charge >= 0.3 is 5.97 Å². The third-order valence-electron chi connectivity index (χ3n) is 4.26. The van der Waals surface area contributed by atoms with Crippen LogP contribution < -0.4 is 10.3 Å². The fourth-order valence-electron chi connectivity index (χ4n) is 2.91. The molecule has 1 heterocycles. The van der Waals surface area contributed by atoms with Crippen LogP contribution >= 0.6 is 11.6 Å². The average Bonchev–Trinajstić information content (AvgIpc) is 2.72. The van der Waals surface area contributed by atoms with Gasteiger partial charge in [-0.25, -0.2) is 9.48 Å². The summed E-state index contributed by atoms with van der Waals surface area (Å²) in [7, 11) is 0. The van der Waals surface area contributed by atoms with E-state index in [9.17, 15) is 9.59 Å². The molecule has 0 aliphatic carbocycles. The van der Waals surface area contributed by atoms with Crippen LogP contribution in [0.5, 0.6) is 5.75 Å². The molecule has 6 heteroatoms. The van der Waals surface area contributed by atoms with Crippen LogP contribution in [0.1, 0.15) is 16.1 Å². The minimum absolute atomic E-state index is 0.0843. The number of nitrogens with zero attached hydrogens (tertiary/aromatic N) is 2. The van der Waals surface area contributed by atoms with Gasteiger partial charge in [0.05, 0.1) is 11.9 Å². The first kappa shape index (κ1) is 17.9. The lowest BCUT2D eigenvalue weighted by Gasteiger charge is -2.11. The van der Waals surface area contributed by atoms with Crippen molar-refractivity contribution in [3.05, 3.63) is 105 Å². The summed E-state index contributed by atoms with van der Waals surface area (Å²) >= 11 is 5.87. The monoisotopic (exact) mass is 390 g/mol. The second-order valence-corrected chi connectivity index (χ2v) is 6.62. The maximum absolute atomic E-state index is 12.8. The molecule has 0 aliphatic rings. The van der Waals surface area contributed by atoms with Gasteiger partial charge in [-0.05, 0) is 35.9 Å². The molecular weight excluding hydrogens is 376 g/mol. The normalized spacial score (nSPS) is 10.8. The third kappa shape index (κ3) is 3.66. The number of halogens is 1. The fourth-order valence-corrected chi connectivity index (χ4v) is 3.03. The van der Waals surface area contributed by atoms with E-state index in [1.54, 1.807) is 48.5 Å². The Bertz CT molecular complexity index is 1200. The lowest BCUT2D eigenvalue weighted by molar-refractivity contribution is 0.0728.